The fourth-order valence-electron chi connectivity index (χ4n) is 5.88. The molecule has 1 saturated heterocycles. The van der Waals surface area contributed by atoms with Crippen molar-refractivity contribution in [2.24, 2.45) is 7.05 Å². The van der Waals surface area contributed by atoms with Crippen LogP contribution in [0.1, 0.15) is 16.8 Å². The number of pyridine rings is 1. The van der Waals surface area contributed by atoms with Gasteiger partial charge in [0.1, 0.15) is 5.65 Å². The van der Waals surface area contributed by atoms with Gasteiger partial charge in [-0.2, -0.15) is 5.10 Å². The Bertz CT molecular complexity index is 1800. The first-order valence-electron chi connectivity index (χ1n) is 14.3. The molecule has 5 aromatic rings. The molecule has 6 rings (SSSR count). The number of nitrogens with one attached hydrogen (secondary N) is 2. The van der Waals surface area contributed by atoms with E-state index in [1.165, 1.54) is 11.8 Å². The molecule has 3 aromatic heterocycles. The molecule has 0 atom stereocenters. The summed E-state index contributed by atoms with van der Waals surface area (Å²) < 4.78 is 1.88. The fraction of sp³-hybridized carbons (Fsp3) is 0.265. The highest BCUT2D eigenvalue weighted by Gasteiger charge is 2.22. The number of amides is 1. The van der Waals surface area contributed by atoms with E-state index in [1.807, 2.05) is 31.0 Å². The Morgan fingerprint density at radius 1 is 0.952 bits per heavy atom. The van der Waals surface area contributed by atoms with E-state index in [9.17, 15) is 4.79 Å². The molecule has 1 aliphatic rings. The number of carbonyl (C=O) groups is 1. The number of hydrogen-bond acceptors (Lipinski definition) is 5. The molecule has 0 spiro atoms. The molecule has 42 heavy (non-hydrogen) atoms. The molecule has 0 unspecified atom stereocenters. The highest BCUT2D eigenvalue weighted by atomic mass is 16.1. The van der Waals surface area contributed by atoms with Gasteiger partial charge in [0.2, 0.25) is 5.91 Å². The van der Waals surface area contributed by atoms with Crippen LogP contribution in [0.3, 0.4) is 0 Å². The van der Waals surface area contributed by atoms with Gasteiger partial charge in [-0.15, -0.1) is 0 Å². The molecule has 0 saturated carbocycles. The Morgan fingerprint density at radius 3 is 2.36 bits per heavy atom. The predicted octanol–water partition coefficient (Wildman–Crippen LogP) is 6.10. The fourth-order valence-corrected chi connectivity index (χ4v) is 5.88. The third kappa shape index (κ3) is 4.88. The monoisotopic (exact) mass is 559 g/mol. The minimum Gasteiger partial charge on any atom is -0.369 e. The summed E-state index contributed by atoms with van der Waals surface area (Å²) in [6, 6.07) is 15.2. The van der Waals surface area contributed by atoms with Crippen molar-refractivity contribution in [3.8, 4) is 33.5 Å². The number of aromatic amines is 1. The lowest BCUT2D eigenvalue weighted by atomic mass is 9.92. The number of benzene rings is 2. The molecule has 1 fully saturated rings. The first kappa shape index (κ1) is 27.5. The Balaban J connectivity index is 1.53. The van der Waals surface area contributed by atoms with Gasteiger partial charge in [-0.25, -0.2) is 4.98 Å². The lowest BCUT2D eigenvalue weighted by Crippen LogP contribution is -2.44. The standard InChI is InChI=1S/C34H37N7O/c1-7-30(42)37-32-21(2)8-13-27(22(32)3)31-28-18-25(29-20-36-40(6)23(29)4)19-35-34(28)38-33(31)24-9-11-26(12-10-24)41-16-14-39(5)15-17-41/h7-13,18-20H,1,14-17H2,2-6H3,(H,35,38)(H,37,42). The van der Waals surface area contributed by atoms with Crippen LogP contribution in [-0.4, -0.2) is 63.8 Å². The number of carbonyl (C=O) groups excluding carboxylic acids is 1. The van der Waals surface area contributed by atoms with Crippen molar-refractivity contribution in [1.29, 1.82) is 0 Å². The van der Waals surface area contributed by atoms with E-state index in [1.54, 1.807) is 0 Å². The van der Waals surface area contributed by atoms with Crippen molar-refractivity contribution in [1.82, 2.24) is 24.6 Å². The van der Waals surface area contributed by atoms with Crippen LogP contribution in [-0.2, 0) is 11.8 Å². The van der Waals surface area contributed by atoms with E-state index >= 15 is 0 Å². The van der Waals surface area contributed by atoms with Crippen molar-refractivity contribution in [2.45, 2.75) is 20.8 Å². The van der Waals surface area contributed by atoms with Crippen LogP contribution >= 0.6 is 0 Å². The number of likely N-dealkylation sites (N-methyl/N-ethyl adjacent to an activating group) is 1. The predicted molar refractivity (Wildman–Crippen MR) is 172 cm³/mol. The molecule has 1 aliphatic heterocycles. The Kier molecular flexibility index (Phi) is 7.16. The molecule has 4 heterocycles. The second kappa shape index (κ2) is 10.9. The van der Waals surface area contributed by atoms with E-state index < -0.39 is 0 Å². The van der Waals surface area contributed by atoms with Gasteiger partial charge in [0.25, 0.3) is 0 Å². The van der Waals surface area contributed by atoms with Crippen LogP contribution in [0.2, 0.25) is 0 Å². The molecule has 8 nitrogen and oxygen atoms in total. The topological polar surface area (TPSA) is 82.1 Å². The van der Waals surface area contributed by atoms with Crippen molar-refractivity contribution >= 4 is 28.3 Å². The molecule has 0 radical (unpaired) electrons. The Hall–Kier alpha value is -4.69. The van der Waals surface area contributed by atoms with E-state index in [0.717, 1.165) is 93.2 Å². The van der Waals surface area contributed by atoms with Gasteiger partial charge in [0.15, 0.2) is 0 Å². The van der Waals surface area contributed by atoms with E-state index in [2.05, 4.69) is 95.1 Å². The average molecular weight is 560 g/mol. The molecule has 1 amide bonds. The Labute approximate surface area is 246 Å². The van der Waals surface area contributed by atoms with Crippen molar-refractivity contribution in [2.75, 3.05) is 43.4 Å². The SMILES string of the molecule is C=CC(=O)Nc1c(C)ccc(-c2c(-c3ccc(N4CCN(C)CC4)cc3)[nH]c3ncc(-c4cnn(C)c4C)cc23)c1C. The zero-order valence-corrected chi connectivity index (χ0v) is 25.0. The summed E-state index contributed by atoms with van der Waals surface area (Å²) in [5.41, 5.74) is 12.1. The highest BCUT2D eigenvalue weighted by molar-refractivity contribution is 6.06. The smallest absolute Gasteiger partial charge is 0.247 e. The molecule has 0 aliphatic carbocycles. The van der Waals surface area contributed by atoms with Gasteiger partial charge in [-0.3, -0.25) is 9.48 Å². The molecular weight excluding hydrogens is 522 g/mol. The number of H-pyrrole nitrogens is 1. The minimum atomic E-state index is -0.229. The first-order valence-corrected chi connectivity index (χ1v) is 14.3. The van der Waals surface area contributed by atoms with Gasteiger partial charge in [0, 0.05) is 78.6 Å². The summed E-state index contributed by atoms with van der Waals surface area (Å²) in [6.45, 7) is 13.9. The van der Waals surface area contributed by atoms with Crippen LogP contribution in [0.5, 0.6) is 0 Å². The van der Waals surface area contributed by atoms with E-state index in [4.69, 9.17) is 4.98 Å². The van der Waals surface area contributed by atoms with E-state index in [-0.39, 0.29) is 5.91 Å². The Morgan fingerprint density at radius 2 is 1.69 bits per heavy atom. The number of hydrogen-bond donors (Lipinski definition) is 2. The molecule has 8 heteroatoms. The maximum absolute atomic E-state index is 12.3. The summed E-state index contributed by atoms with van der Waals surface area (Å²) in [4.78, 5) is 25.7. The van der Waals surface area contributed by atoms with Crippen molar-refractivity contribution < 1.29 is 4.79 Å². The zero-order chi connectivity index (χ0) is 29.5. The van der Waals surface area contributed by atoms with Crippen molar-refractivity contribution in [3.63, 3.8) is 0 Å². The number of piperazine rings is 1. The summed E-state index contributed by atoms with van der Waals surface area (Å²) in [6.07, 6.45) is 5.10. The van der Waals surface area contributed by atoms with Crippen LogP contribution in [0.25, 0.3) is 44.5 Å². The number of anilines is 2. The lowest BCUT2D eigenvalue weighted by molar-refractivity contribution is -0.111. The third-order valence-electron chi connectivity index (χ3n) is 8.60. The summed E-state index contributed by atoms with van der Waals surface area (Å²) in [7, 11) is 4.12. The van der Waals surface area contributed by atoms with Gasteiger partial charge in [-0.05, 0) is 74.3 Å². The quantitative estimate of drug-likeness (QED) is 0.246. The largest absolute Gasteiger partial charge is 0.369 e. The van der Waals surface area contributed by atoms with Gasteiger partial charge in [0.05, 0.1) is 11.9 Å². The second-order valence-electron chi connectivity index (χ2n) is 11.2. The van der Waals surface area contributed by atoms with Crippen LogP contribution in [0.15, 0.2) is 67.5 Å². The zero-order valence-electron chi connectivity index (χ0n) is 25.0. The number of nitrogens with zero attached hydrogens (tertiary/aromatic N) is 5. The molecule has 2 aromatic carbocycles. The summed E-state index contributed by atoms with van der Waals surface area (Å²) in [5.74, 6) is -0.229. The minimum absolute atomic E-state index is 0.229. The molecule has 2 N–H and O–H groups in total. The van der Waals surface area contributed by atoms with E-state index in [0.29, 0.717) is 0 Å². The van der Waals surface area contributed by atoms with Gasteiger partial charge in [-0.1, -0.05) is 30.8 Å². The molecule has 0 bridgehead atoms. The van der Waals surface area contributed by atoms with Crippen LogP contribution in [0, 0.1) is 20.8 Å². The maximum Gasteiger partial charge on any atom is 0.247 e. The van der Waals surface area contributed by atoms with Gasteiger partial charge < -0.3 is 20.1 Å². The lowest BCUT2D eigenvalue weighted by Gasteiger charge is -2.34. The molecular formula is C34H37N7O. The third-order valence-corrected chi connectivity index (χ3v) is 8.60. The number of fused-ring (bicyclic) bond motifs is 1. The molecule has 214 valence electrons. The maximum atomic E-state index is 12.3. The van der Waals surface area contributed by atoms with Gasteiger partial charge >= 0.3 is 0 Å². The summed E-state index contributed by atoms with van der Waals surface area (Å²) >= 11 is 0. The number of rotatable bonds is 6. The summed E-state index contributed by atoms with van der Waals surface area (Å²) in [5, 5.41) is 8.50. The second-order valence-corrected chi connectivity index (χ2v) is 11.2. The normalized spacial score (nSPS) is 14.0. The van der Waals surface area contributed by atoms with Crippen molar-refractivity contribution in [3.05, 3.63) is 84.3 Å². The number of aromatic nitrogens is 4. The highest BCUT2D eigenvalue weighted by Crippen LogP contribution is 2.43. The average Bonchev–Trinajstić information content (AvgIpc) is 3.54. The van der Waals surface area contributed by atoms with Crippen LogP contribution < -0.4 is 10.2 Å². The number of aryl methyl sites for hydroxylation is 2. The first-order chi connectivity index (χ1) is 20.2. The van der Waals surface area contributed by atoms with Crippen LogP contribution in [0.4, 0.5) is 11.4 Å².